The third kappa shape index (κ3) is 3.44. The Kier molecular flexibility index (Phi) is 5.29. The van der Waals surface area contributed by atoms with E-state index in [9.17, 15) is 15.0 Å². The Morgan fingerprint density at radius 3 is 2.58 bits per heavy atom. The number of hydrogen-bond donors (Lipinski definition) is 4. The van der Waals surface area contributed by atoms with Gasteiger partial charge in [0.2, 0.25) is 0 Å². The molecule has 106 valence electrons. The van der Waals surface area contributed by atoms with Gasteiger partial charge in [0.25, 0.3) is 0 Å². The van der Waals surface area contributed by atoms with Crippen LogP contribution in [0.1, 0.15) is 34.0 Å². The van der Waals surface area contributed by atoms with E-state index < -0.39 is 18.2 Å². The van der Waals surface area contributed by atoms with Gasteiger partial charge in [-0.1, -0.05) is 0 Å². The van der Waals surface area contributed by atoms with Crippen LogP contribution >= 0.6 is 0 Å². The van der Waals surface area contributed by atoms with Crippen molar-refractivity contribution in [3.63, 3.8) is 0 Å². The van der Waals surface area contributed by atoms with E-state index in [2.05, 4.69) is 4.74 Å². The molecule has 0 aromatic heterocycles. The number of methoxy groups -OCH3 is 1. The fraction of sp³-hybridized carbons (Fsp3) is 0.462. The fourth-order valence-corrected chi connectivity index (χ4v) is 1.80. The van der Waals surface area contributed by atoms with Gasteiger partial charge in [0.1, 0.15) is 6.10 Å². The minimum Gasteiger partial charge on any atom is -0.465 e. The summed E-state index contributed by atoms with van der Waals surface area (Å²) >= 11 is 0. The van der Waals surface area contributed by atoms with Gasteiger partial charge in [-0.15, -0.1) is 0 Å². The molecule has 2 unspecified atom stereocenters. The third-order valence-corrected chi connectivity index (χ3v) is 3.04. The van der Waals surface area contributed by atoms with Crippen molar-refractivity contribution in [1.82, 2.24) is 0 Å². The first-order chi connectivity index (χ1) is 8.92. The van der Waals surface area contributed by atoms with Gasteiger partial charge in [0.05, 0.1) is 18.8 Å². The number of carbonyl (C=O) groups is 1. The smallest absolute Gasteiger partial charge is 0.338 e. The summed E-state index contributed by atoms with van der Waals surface area (Å²) in [4.78, 5) is 11.6. The van der Waals surface area contributed by atoms with Crippen molar-refractivity contribution >= 4 is 11.7 Å². The molecule has 0 radical (unpaired) electrons. The van der Waals surface area contributed by atoms with Crippen LogP contribution in [-0.4, -0.2) is 35.9 Å². The second kappa shape index (κ2) is 6.51. The van der Waals surface area contributed by atoms with E-state index in [4.69, 9.17) is 11.5 Å². The average molecular weight is 268 g/mol. The predicted octanol–water partition coefficient (Wildman–Crippen LogP) is 0.107. The van der Waals surface area contributed by atoms with Crippen LogP contribution in [0, 0.1) is 6.92 Å². The normalized spacial score (nSPS) is 13.9. The lowest BCUT2D eigenvalue weighted by molar-refractivity contribution is 0.0149. The minimum absolute atomic E-state index is 0.252. The van der Waals surface area contributed by atoms with Crippen molar-refractivity contribution in [2.45, 2.75) is 25.6 Å². The van der Waals surface area contributed by atoms with Gasteiger partial charge in [-0.2, -0.15) is 0 Å². The zero-order chi connectivity index (χ0) is 14.6. The molecule has 1 rings (SSSR count). The van der Waals surface area contributed by atoms with E-state index in [0.717, 1.165) is 0 Å². The summed E-state index contributed by atoms with van der Waals surface area (Å²) in [6, 6.07) is 3.01. The molecule has 0 aliphatic heterocycles. The monoisotopic (exact) mass is 268 g/mol. The third-order valence-electron chi connectivity index (χ3n) is 3.04. The molecule has 6 heteroatoms. The summed E-state index contributed by atoms with van der Waals surface area (Å²) < 4.78 is 4.66. The Labute approximate surface area is 112 Å². The molecule has 0 heterocycles. The number of aliphatic hydroxyl groups is 2. The fourth-order valence-electron chi connectivity index (χ4n) is 1.80. The molecule has 1 aromatic carbocycles. The maximum Gasteiger partial charge on any atom is 0.338 e. The quantitative estimate of drug-likeness (QED) is 0.444. The Hall–Kier alpha value is -1.63. The maximum absolute atomic E-state index is 11.6. The standard InChI is InChI=1S/C13H20N2O4/c1-7-9(13(18)19-2)5-8(6-10(7)15)12(17)11(16)3-4-14/h5-6,11-12,16-17H,3-4,14-15H2,1-2H3. The first kappa shape index (κ1) is 15.4. The number of hydrogen-bond acceptors (Lipinski definition) is 6. The molecule has 0 saturated heterocycles. The van der Waals surface area contributed by atoms with Crippen molar-refractivity contribution < 1.29 is 19.7 Å². The van der Waals surface area contributed by atoms with Gasteiger partial charge in [-0.25, -0.2) is 4.79 Å². The lowest BCUT2D eigenvalue weighted by atomic mass is 9.96. The van der Waals surface area contributed by atoms with E-state index in [0.29, 0.717) is 16.8 Å². The summed E-state index contributed by atoms with van der Waals surface area (Å²) in [5, 5.41) is 19.7. The van der Waals surface area contributed by atoms with Crippen molar-refractivity contribution in [2.24, 2.45) is 5.73 Å². The van der Waals surface area contributed by atoms with Crippen LogP contribution in [0.2, 0.25) is 0 Å². The summed E-state index contributed by atoms with van der Waals surface area (Å²) in [6.45, 7) is 1.94. The zero-order valence-corrected chi connectivity index (χ0v) is 11.1. The molecular weight excluding hydrogens is 248 g/mol. The highest BCUT2D eigenvalue weighted by molar-refractivity contribution is 5.92. The van der Waals surface area contributed by atoms with Gasteiger partial charge in [-0.05, 0) is 43.1 Å². The summed E-state index contributed by atoms with van der Waals surface area (Å²) in [5.74, 6) is -0.536. The number of ether oxygens (including phenoxy) is 1. The molecule has 6 nitrogen and oxygen atoms in total. The highest BCUT2D eigenvalue weighted by Crippen LogP contribution is 2.26. The number of anilines is 1. The van der Waals surface area contributed by atoms with Gasteiger partial charge >= 0.3 is 5.97 Å². The van der Waals surface area contributed by atoms with Gasteiger partial charge in [0, 0.05) is 5.69 Å². The molecule has 0 saturated carbocycles. The largest absolute Gasteiger partial charge is 0.465 e. The van der Waals surface area contributed by atoms with E-state index in [1.165, 1.54) is 19.2 Å². The molecule has 0 fully saturated rings. The molecule has 2 atom stereocenters. The highest BCUT2D eigenvalue weighted by Gasteiger charge is 2.21. The van der Waals surface area contributed by atoms with E-state index in [-0.39, 0.29) is 18.5 Å². The Morgan fingerprint density at radius 1 is 1.42 bits per heavy atom. The van der Waals surface area contributed by atoms with Crippen LogP contribution in [0.3, 0.4) is 0 Å². The number of aliphatic hydroxyl groups excluding tert-OH is 2. The van der Waals surface area contributed by atoms with Gasteiger partial charge in [-0.3, -0.25) is 0 Å². The zero-order valence-electron chi connectivity index (χ0n) is 11.1. The molecule has 0 bridgehead atoms. The first-order valence-electron chi connectivity index (χ1n) is 5.96. The summed E-state index contributed by atoms with van der Waals surface area (Å²) in [7, 11) is 1.27. The van der Waals surface area contributed by atoms with Crippen LogP contribution < -0.4 is 11.5 Å². The molecule has 0 amide bonds. The molecule has 1 aromatic rings. The van der Waals surface area contributed by atoms with Crippen LogP contribution in [0.4, 0.5) is 5.69 Å². The van der Waals surface area contributed by atoms with Crippen LogP contribution in [0.5, 0.6) is 0 Å². The first-order valence-corrected chi connectivity index (χ1v) is 5.96. The molecule has 0 aliphatic carbocycles. The van der Waals surface area contributed by atoms with Crippen molar-refractivity contribution in [2.75, 3.05) is 19.4 Å². The van der Waals surface area contributed by atoms with E-state index in [1.54, 1.807) is 6.92 Å². The Morgan fingerprint density at radius 2 is 2.05 bits per heavy atom. The SMILES string of the molecule is COC(=O)c1cc(C(O)C(O)CCN)cc(N)c1C. The maximum atomic E-state index is 11.6. The molecule has 6 N–H and O–H groups in total. The van der Waals surface area contributed by atoms with Gasteiger partial charge in [0.15, 0.2) is 0 Å². The number of carbonyl (C=O) groups excluding carboxylic acids is 1. The van der Waals surface area contributed by atoms with Crippen LogP contribution in [-0.2, 0) is 4.74 Å². The molecular formula is C13H20N2O4. The lowest BCUT2D eigenvalue weighted by Crippen LogP contribution is -2.22. The highest BCUT2D eigenvalue weighted by atomic mass is 16.5. The minimum atomic E-state index is -1.14. The van der Waals surface area contributed by atoms with Crippen LogP contribution in [0.15, 0.2) is 12.1 Å². The van der Waals surface area contributed by atoms with Crippen LogP contribution in [0.25, 0.3) is 0 Å². The Bertz CT molecular complexity index is 462. The van der Waals surface area contributed by atoms with Gasteiger partial charge < -0.3 is 26.4 Å². The number of benzene rings is 1. The summed E-state index contributed by atoms with van der Waals surface area (Å²) in [6.07, 6.45) is -1.89. The number of rotatable bonds is 5. The topological polar surface area (TPSA) is 119 Å². The average Bonchev–Trinajstić information content (AvgIpc) is 2.40. The van der Waals surface area contributed by atoms with E-state index in [1.807, 2.05) is 0 Å². The second-order valence-electron chi connectivity index (χ2n) is 4.36. The molecule has 19 heavy (non-hydrogen) atoms. The number of nitrogens with two attached hydrogens (primary N) is 2. The molecule has 0 aliphatic rings. The number of esters is 1. The number of nitrogen functional groups attached to an aromatic ring is 1. The predicted molar refractivity (Wildman–Crippen MR) is 71.6 cm³/mol. The van der Waals surface area contributed by atoms with E-state index >= 15 is 0 Å². The van der Waals surface area contributed by atoms with Crippen molar-refractivity contribution in [3.8, 4) is 0 Å². The molecule has 0 spiro atoms. The lowest BCUT2D eigenvalue weighted by Gasteiger charge is -2.19. The van der Waals surface area contributed by atoms with Crippen molar-refractivity contribution in [3.05, 3.63) is 28.8 Å². The van der Waals surface area contributed by atoms with Crippen molar-refractivity contribution in [1.29, 1.82) is 0 Å². The second-order valence-corrected chi connectivity index (χ2v) is 4.36. The summed E-state index contributed by atoms with van der Waals surface area (Å²) in [5.41, 5.74) is 12.7. The Balaban J connectivity index is 3.16.